The van der Waals surface area contributed by atoms with Crippen molar-refractivity contribution in [2.75, 3.05) is 4.90 Å². The van der Waals surface area contributed by atoms with Crippen LogP contribution in [0.3, 0.4) is 0 Å². The number of hydrogen-bond acceptors (Lipinski definition) is 2. The number of benzene rings is 1. The van der Waals surface area contributed by atoms with Gasteiger partial charge in [0.05, 0.1) is 5.69 Å². The van der Waals surface area contributed by atoms with Gasteiger partial charge in [0.25, 0.3) is 0 Å². The van der Waals surface area contributed by atoms with Gasteiger partial charge >= 0.3 is 5.97 Å². The van der Waals surface area contributed by atoms with Crippen LogP contribution in [0, 0.1) is 5.82 Å². The highest BCUT2D eigenvalue weighted by molar-refractivity contribution is 5.95. The lowest BCUT2D eigenvalue weighted by molar-refractivity contribution is 0.0692. The molecule has 1 aliphatic heterocycles. The number of carboxylic acids is 1. The van der Waals surface area contributed by atoms with E-state index in [2.05, 4.69) is 18.7 Å². The molecule has 0 aliphatic carbocycles. The highest BCUT2D eigenvalue weighted by Crippen LogP contribution is 2.35. The summed E-state index contributed by atoms with van der Waals surface area (Å²) in [5.41, 5.74) is 0.309. The lowest BCUT2D eigenvalue weighted by Crippen LogP contribution is -2.35. The van der Waals surface area contributed by atoms with E-state index in [1.807, 2.05) is 0 Å². The normalized spacial score (nSPS) is 23.4. The first-order valence-electron chi connectivity index (χ1n) is 6.36. The number of nitrogens with zero attached hydrogens (tertiary/aromatic N) is 1. The van der Waals surface area contributed by atoms with Crippen molar-refractivity contribution in [2.45, 2.75) is 45.2 Å². The molecular formula is C14H18FNO2. The average molecular weight is 251 g/mol. The minimum atomic E-state index is -1.20. The summed E-state index contributed by atoms with van der Waals surface area (Å²) in [6.07, 6.45) is 3.00. The Morgan fingerprint density at radius 1 is 1.50 bits per heavy atom. The molecule has 2 unspecified atom stereocenters. The number of halogens is 1. The van der Waals surface area contributed by atoms with Crippen molar-refractivity contribution in [1.82, 2.24) is 0 Å². The van der Waals surface area contributed by atoms with Gasteiger partial charge in [-0.15, -0.1) is 0 Å². The summed E-state index contributed by atoms with van der Waals surface area (Å²) in [5.74, 6) is -1.86. The third-order valence-electron chi connectivity index (χ3n) is 3.74. The van der Waals surface area contributed by atoms with Gasteiger partial charge in [-0.25, -0.2) is 9.18 Å². The van der Waals surface area contributed by atoms with Crippen LogP contribution >= 0.6 is 0 Å². The summed E-state index contributed by atoms with van der Waals surface area (Å²) in [6.45, 7) is 4.14. The molecular weight excluding hydrogens is 233 g/mol. The monoisotopic (exact) mass is 251 g/mol. The topological polar surface area (TPSA) is 40.5 Å². The van der Waals surface area contributed by atoms with Crippen molar-refractivity contribution >= 4 is 11.7 Å². The van der Waals surface area contributed by atoms with Gasteiger partial charge in [0, 0.05) is 12.1 Å². The summed E-state index contributed by atoms with van der Waals surface area (Å²) < 4.78 is 13.7. The number of hydrogen-bond donors (Lipinski definition) is 1. The number of anilines is 1. The maximum absolute atomic E-state index is 13.7. The molecule has 1 fully saturated rings. The zero-order valence-corrected chi connectivity index (χ0v) is 10.7. The summed E-state index contributed by atoms with van der Waals surface area (Å²) >= 11 is 0. The largest absolute Gasteiger partial charge is 0.478 e. The SMILES string of the molecule is CCC1CCC(C)N1c1cccc(F)c1C(=O)O. The van der Waals surface area contributed by atoms with E-state index in [4.69, 9.17) is 0 Å². The first-order valence-corrected chi connectivity index (χ1v) is 6.36. The summed E-state index contributed by atoms with van der Waals surface area (Å²) in [5, 5.41) is 9.19. The quantitative estimate of drug-likeness (QED) is 0.896. The fourth-order valence-electron chi connectivity index (χ4n) is 2.85. The van der Waals surface area contributed by atoms with Gasteiger partial charge in [-0.3, -0.25) is 0 Å². The van der Waals surface area contributed by atoms with Gasteiger partial charge in [0.2, 0.25) is 0 Å². The Morgan fingerprint density at radius 2 is 2.22 bits per heavy atom. The van der Waals surface area contributed by atoms with Crippen LogP contribution in [-0.4, -0.2) is 23.2 Å². The van der Waals surface area contributed by atoms with Crippen LogP contribution < -0.4 is 4.90 Å². The molecule has 1 aromatic rings. The summed E-state index contributed by atoms with van der Waals surface area (Å²) in [7, 11) is 0. The molecule has 98 valence electrons. The van der Waals surface area contributed by atoms with E-state index in [1.165, 1.54) is 6.07 Å². The Hall–Kier alpha value is -1.58. The predicted octanol–water partition coefficient (Wildman–Crippen LogP) is 3.29. The lowest BCUT2D eigenvalue weighted by Gasteiger charge is -2.31. The first kappa shape index (κ1) is 12.9. The number of rotatable bonds is 3. The van der Waals surface area contributed by atoms with Crippen molar-refractivity contribution in [3.8, 4) is 0 Å². The summed E-state index contributed by atoms with van der Waals surface area (Å²) in [4.78, 5) is 13.3. The van der Waals surface area contributed by atoms with Gasteiger partial charge in [-0.1, -0.05) is 13.0 Å². The molecule has 0 spiro atoms. The fourth-order valence-corrected chi connectivity index (χ4v) is 2.85. The maximum atomic E-state index is 13.7. The highest BCUT2D eigenvalue weighted by atomic mass is 19.1. The van der Waals surface area contributed by atoms with E-state index in [1.54, 1.807) is 12.1 Å². The lowest BCUT2D eigenvalue weighted by atomic mass is 10.1. The van der Waals surface area contributed by atoms with Gasteiger partial charge in [0.1, 0.15) is 11.4 Å². The van der Waals surface area contributed by atoms with Crippen LogP contribution in [-0.2, 0) is 0 Å². The molecule has 0 radical (unpaired) electrons. The van der Waals surface area contributed by atoms with Crippen LogP contribution in [0.2, 0.25) is 0 Å². The Morgan fingerprint density at radius 3 is 2.83 bits per heavy atom. The molecule has 1 N–H and O–H groups in total. The van der Waals surface area contributed by atoms with Crippen molar-refractivity contribution in [3.63, 3.8) is 0 Å². The second-order valence-electron chi connectivity index (χ2n) is 4.83. The molecule has 3 nitrogen and oxygen atoms in total. The smallest absolute Gasteiger partial charge is 0.340 e. The van der Waals surface area contributed by atoms with Gasteiger partial charge in [-0.05, 0) is 38.3 Å². The molecule has 2 atom stereocenters. The van der Waals surface area contributed by atoms with E-state index in [0.29, 0.717) is 11.7 Å². The standard InChI is InChI=1S/C14H18FNO2/c1-3-10-8-7-9(2)16(10)12-6-4-5-11(15)13(12)14(17)18/h4-6,9-10H,3,7-8H2,1-2H3,(H,17,18). The number of carbonyl (C=O) groups is 1. The maximum Gasteiger partial charge on any atom is 0.340 e. The molecule has 1 aliphatic rings. The Labute approximate surface area is 106 Å². The van der Waals surface area contributed by atoms with Crippen molar-refractivity contribution in [1.29, 1.82) is 0 Å². The summed E-state index contributed by atoms with van der Waals surface area (Å²) in [6, 6.07) is 5.05. The van der Waals surface area contributed by atoms with E-state index in [9.17, 15) is 14.3 Å². The number of aromatic carboxylic acids is 1. The van der Waals surface area contributed by atoms with Gasteiger partial charge < -0.3 is 10.0 Å². The van der Waals surface area contributed by atoms with Gasteiger partial charge in [-0.2, -0.15) is 0 Å². The van der Waals surface area contributed by atoms with E-state index in [-0.39, 0.29) is 11.6 Å². The van der Waals surface area contributed by atoms with Crippen molar-refractivity contribution in [2.24, 2.45) is 0 Å². The Kier molecular flexibility index (Phi) is 3.55. The van der Waals surface area contributed by atoms with E-state index < -0.39 is 11.8 Å². The van der Waals surface area contributed by atoms with E-state index in [0.717, 1.165) is 19.3 Å². The van der Waals surface area contributed by atoms with Crippen LogP contribution in [0.15, 0.2) is 18.2 Å². The van der Waals surface area contributed by atoms with Crippen LogP contribution in [0.25, 0.3) is 0 Å². The molecule has 4 heteroatoms. The zero-order valence-electron chi connectivity index (χ0n) is 10.7. The molecule has 0 aromatic heterocycles. The van der Waals surface area contributed by atoms with Crippen LogP contribution in [0.1, 0.15) is 43.5 Å². The highest BCUT2D eigenvalue weighted by Gasteiger charge is 2.32. The van der Waals surface area contributed by atoms with Crippen molar-refractivity contribution < 1.29 is 14.3 Å². The predicted molar refractivity (Wildman–Crippen MR) is 68.6 cm³/mol. The molecule has 1 heterocycles. The minimum Gasteiger partial charge on any atom is -0.478 e. The van der Waals surface area contributed by atoms with Gasteiger partial charge in [0.15, 0.2) is 0 Å². The Balaban J connectivity index is 2.50. The zero-order chi connectivity index (χ0) is 13.3. The number of carboxylic acid groups (broad SMARTS) is 1. The molecule has 18 heavy (non-hydrogen) atoms. The third kappa shape index (κ3) is 2.07. The second-order valence-corrected chi connectivity index (χ2v) is 4.83. The second kappa shape index (κ2) is 4.96. The average Bonchev–Trinajstić information content (AvgIpc) is 2.69. The molecule has 1 aromatic carbocycles. The fraction of sp³-hybridized carbons (Fsp3) is 0.500. The molecule has 0 bridgehead atoms. The van der Waals surface area contributed by atoms with E-state index >= 15 is 0 Å². The Bertz CT molecular complexity index is 461. The van der Waals surface area contributed by atoms with Crippen LogP contribution in [0.5, 0.6) is 0 Å². The molecule has 2 rings (SSSR count). The minimum absolute atomic E-state index is 0.204. The first-order chi connectivity index (χ1) is 8.56. The van der Waals surface area contributed by atoms with Crippen LogP contribution in [0.4, 0.5) is 10.1 Å². The molecule has 0 saturated carbocycles. The molecule has 0 amide bonds. The third-order valence-corrected chi connectivity index (χ3v) is 3.74. The molecule has 1 saturated heterocycles. The van der Waals surface area contributed by atoms with Crippen molar-refractivity contribution in [3.05, 3.63) is 29.6 Å².